The second kappa shape index (κ2) is 5.63. The Morgan fingerprint density at radius 2 is 1.81 bits per heavy atom. The van der Waals surface area contributed by atoms with E-state index in [-0.39, 0.29) is 12.0 Å². The van der Waals surface area contributed by atoms with Crippen molar-refractivity contribution < 1.29 is 13.2 Å². The van der Waals surface area contributed by atoms with Crippen LogP contribution in [0.15, 0.2) is 0 Å². The zero-order valence-electron chi connectivity index (χ0n) is 9.69. The lowest BCUT2D eigenvalue weighted by atomic mass is 9.88. The molecule has 0 radical (unpaired) electrons. The van der Waals surface area contributed by atoms with Gasteiger partial charge in [-0.1, -0.05) is 12.8 Å². The molecule has 1 fully saturated rings. The van der Waals surface area contributed by atoms with Crippen LogP contribution in [0, 0.1) is 5.41 Å². The summed E-state index contributed by atoms with van der Waals surface area (Å²) in [6.45, 7) is 0.839. The average molecular weight is 255 g/mol. The van der Waals surface area contributed by atoms with E-state index in [1.165, 1.54) is 12.8 Å². The van der Waals surface area contributed by atoms with Crippen LogP contribution in [0.4, 0.5) is 13.2 Å². The molecule has 0 heterocycles. The summed E-state index contributed by atoms with van der Waals surface area (Å²) in [4.78, 5) is 1.80. The molecule has 5 heteroatoms. The minimum atomic E-state index is -4.04. The number of hydrogen-bond donors (Lipinski definition) is 1. The maximum atomic E-state index is 12.1. The molecule has 0 atom stereocenters. The number of hydrogen-bond acceptors (Lipinski definition) is 2. The van der Waals surface area contributed by atoms with Crippen molar-refractivity contribution in [3.05, 3.63) is 0 Å². The quantitative estimate of drug-likeness (QED) is 0.737. The first-order chi connectivity index (χ1) is 7.37. The molecule has 0 aliphatic heterocycles. The molecule has 96 valence electrons. The fourth-order valence-electron chi connectivity index (χ4n) is 2.46. The molecule has 0 N–H and O–H groups in total. The van der Waals surface area contributed by atoms with Crippen LogP contribution in [0.3, 0.4) is 0 Å². The van der Waals surface area contributed by atoms with Gasteiger partial charge < -0.3 is 4.90 Å². The molecule has 1 aliphatic rings. The molecule has 1 nitrogen and oxygen atoms in total. The Morgan fingerprint density at radius 3 is 2.25 bits per heavy atom. The highest BCUT2D eigenvalue weighted by Gasteiger charge is 2.34. The topological polar surface area (TPSA) is 3.24 Å². The highest BCUT2D eigenvalue weighted by atomic mass is 32.1. The Hall–Kier alpha value is 0.100. The van der Waals surface area contributed by atoms with Gasteiger partial charge in [0.1, 0.15) is 0 Å². The molecule has 0 bridgehead atoms. The molecule has 0 aromatic rings. The van der Waals surface area contributed by atoms with Gasteiger partial charge in [0.2, 0.25) is 0 Å². The van der Waals surface area contributed by atoms with Gasteiger partial charge >= 0.3 is 6.18 Å². The summed E-state index contributed by atoms with van der Waals surface area (Å²) in [6.07, 6.45) is -0.175. The van der Waals surface area contributed by atoms with Gasteiger partial charge in [-0.05, 0) is 31.1 Å². The molecule has 0 amide bonds. The second-order valence-electron chi connectivity index (χ2n) is 4.97. The summed E-state index contributed by atoms with van der Waals surface area (Å²) in [5, 5.41) is 0. The Kier molecular flexibility index (Phi) is 4.98. The average Bonchev–Trinajstić information content (AvgIpc) is 2.63. The molecule has 1 saturated carbocycles. The molecule has 0 aromatic carbocycles. The van der Waals surface area contributed by atoms with Gasteiger partial charge in [0.25, 0.3) is 0 Å². The minimum Gasteiger partial charge on any atom is -0.305 e. The van der Waals surface area contributed by atoms with Crippen LogP contribution in [0.2, 0.25) is 0 Å². The summed E-state index contributed by atoms with van der Waals surface area (Å²) in [7, 11) is 1.77. The van der Waals surface area contributed by atoms with E-state index < -0.39 is 12.6 Å². The standard InChI is InChI=1S/C11H20F3NS/c1-15(7-6-11(12,13)14)8-10(9-16)4-2-3-5-10/h16H,2-9H2,1H3. The van der Waals surface area contributed by atoms with Gasteiger partial charge in [0, 0.05) is 13.1 Å². The molecule has 16 heavy (non-hydrogen) atoms. The molecule has 0 saturated heterocycles. The predicted octanol–water partition coefficient (Wildman–Crippen LogP) is 3.36. The van der Waals surface area contributed by atoms with Gasteiger partial charge in [-0.3, -0.25) is 0 Å². The normalized spacial score (nSPS) is 20.6. The van der Waals surface area contributed by atoms with Gasteiger partial charge in [-0.2, -0.15) is 25.8 Å². The highest BCUT2D eigenvalue weighted by Crippen LogP contribution is 2.39. The lowest BCUT2D eigenvalue weighted by Gasteiger charge is -2.32. The summed E-state index contributed by atoms with van der Waals surface area (Å²) in [5.41, 5.74) is 0.156. The molecule has 1 rings (SSSR count). The van der Waals surface area contributed by atoms with Crippen LogP contribution in [-0.4, -0.2) is 37.0 Å². The molecule has 0 spiro atoms. The Bertz CT molecular complexity index is 212. The summed E-state index contributed by atoms with van der Waals surface area (Å²) >= 11 is 4.35. The van der Waals surface area contributed by atoms with Crippen molar-refractivity contribution in [3.63, 3.8) is 0 Å². The lowest BCUT2D eigenvalue weighted by Crippen LogP contribution is -2.36. The van der Waals surface area contributed by atoms with Crippen molar-refractivity contribution in [2.45, 2.75) is 38.3 Å². The summed E-state index contributed by atoms with van der Waals surface area (Å²) in [6, 6.07) is 0. The molecular weight excluding hydrogens is 235 g/mol. The molecule has 0 unspecified atom stereocenters. The van der Waals surface area contributed by atoms with Crippen molar-refractivity contribution in [3.8, 4) is 0 Å². The first kappa shape index (κ1) is 14.2. The van der Waals surface area contributed by atoms with Crippen molar-refractivity contribution >= 4 is 12.6 Å². The number of alkyl halides is 3. The fraction of sp³-hybridized carbons (Fsp3) is 1.00. The number of halogens is 3. The third kappa shape index (κ3) is 4.53. The Balaban J connectivity index is 2.35. The summed E-state index contributed by atoms with van der Waals surface area (Å²) in [5.74, 6) is 0.781. The van der Waals surface area contributed by atoms with Crippen LogP contribution in [0.1, 0.15) is 32.1 Å². The third-order valence-electron chi connectivity index (χ3n) is 3.38. The number of thiol groups is 1. The SMILES string of the molecule is CN(CCC(F)(F)F)CC1(CS)CCCC1. The largest absolute Gasteiger partial charge is 0.390 e. The summed E-state index contributed by atoms with van der Waals surface area (Å²) < 4.78 is 36.2. The van der Waals surface area contributed by atoms with Gasteiger partial charge in [-0.25, -0.2) is 0 Å². The van der Waals surface area contributed by atoms with Crippen LogP contribution in [0.5, 0.6) is 0 Å². The van der Waals surface area contributed by atoms with Crippen LogP contribution < -0.4 is 0 Å². The predicted molar refractivity (Wildman–Crippen MR) is 62.9 cm³/mol. The smallest absolute Gasteiger partial charge is 0.305 e. The molecule has 1 aliphatic carbocycles. The lowest BCUT2D eigenvalue weighted by molar-refractivity contribution is -0.137. The van der Waals surface area contributed by atoms with Gasteiger partial charge in [0.15, 0.2) is 0 Å². The van der Waals surface area contributed by atoms with Crippen LogP contribution in [0.25, 0.3) is 0 Å². The Labute approximate surface area is 101 Å². The van der Waals surface area contributed by atoms with Crippen molar-refractivity contribution in [1.82, 2.24) is 4.90 Å². The van der Waals surface area contributed by atoms with Crippen molar-refractivity contribution in [1.29, 1.82) is 0 Å². The number of nitrogens with zero attached hydrogens (tertiary/aromatic N) is 1. The zero-order chi connectivity index (χ0) is 12.2. The van der Waals surface area contributed by atoms with Crippen molar-refractivity contribution in [2.24, 2.45) is 5.41 Å². The van der Waals surface area contributed by atoms with E-state index in [9.17, 15) is 13.2 Å². The van der Waals surface area contributed by atoms with E-state index in [0.29, 0.717) is 0 Å². The third-order valence-corrected chi connectivity index (χ3v) is 4.05. The van der Waals surface area contributed by atoms with Crippen molar-refractivity contribution in [2.75, 3.05) is 25.9 Å². The van der Waals surface area contributed by atoms with E-state index in [2.05, 4.69) is 12.6 Å². The zero-order valence-corrected chi connectivity index (χ0v) is 10.6. The van der Waals surface area contributed by atoms with Crippen LogP contribution >= 0.6 is 12.6 Å². The van der Waals surface area contributed by atoms with Gasteiger partial charge in [0.05, 0.1) is 6.42 Å². The monoisotopic (exact) mass is 255 g/mol. The maximum Gasteiger partial charge on any atom is 0.390 e. The Morgan fingerprint density at radius 1 is 1.25 bits per heavy atom. The maximum absolute atomic E-state index is 12.1. The molecular formula is C11H20F3NS. The fourth-order valence-corrected chi connectivity index (χ4v) is 2.88. The second-order valence-corrected chi connectivity index (χ2v) is 5.28. The van der Waals surface area contributed by atoms with E-state index in [4.69, 9.17) is 0 Å². The first-order valence-electron chi connectivity index (χ1n) is 5.73. The minimum absolute atomic E-state index is 0.0963. The van der Waals surface area contributed by atoms with Crippen LogP contribution in [-0.2, 0) is 0 Å². The number of rotatable bonds is 5. The van der Waals surface area contributed by atoms with Gasteiger partial charge in [-0.15, -0.1) is 0 Å². The van der Waals surface area contributed by atoms with E-state index in [0.717, 1.165) is 25.1 Å². The first-order valence-corrected chi connectivity index (χ1v) is 6.36. The molecule has 0 aromatic heterocycles. The van der Waals surface area contributed by atoms with E-state index in [1.54, 1.807) is 11.9 Å². The highest BCUT2D eigenvalue weighted by molar-refractivity contribution is 7.80. The van der Waals surface area contributed by atoms with E-state index >= 15 is 0 Å². The van der Waals surface area contributed by atoms with E-state index in [1.807, 2.05) is 0 Å².